The first-order chi connectivity index (χ1) is 29.0. The number of hydrogen-bond donors (Lipinski definition) is 3. The van der Waals surface area contributed by atoms with Crippen molar-refractivity contribution in [2.45, 2.75) is 30.4 Å². The van der Waals surface area contributed by atoms with Crippen molar-refractivity contribution < 1.29 is 24.1 Å². The average Bonchev–Trinajstić information content (AvgIpc) is 3.84. The summed E-state index contributed by atoms with van der Waals surface area (Å²) >= 11 is 0. The molecule has 0 bridgehead atoms. The van der Waals surface area contributed by atoms with E-state index in [2.05, 4.69) is 80.8 Å². The monoisotopic (exact) mass is 787 g/mol. The Balaban J connectivity index is 0.876. The second-order valence-corrected chi connectivity index (χ2v) is 14.9. The average molecular weight is 788 g/mol. The molecule has 2 atom stereocenters. The highest BCUT2D eigenvalue weighted by Gasteiger charge is 2.46. The molecule has 0 radical (unpaired) electrons. The number of fused-ring (bicyclic) bond motifs is 4. The number of morpholine rings is 1. The van der Waals surface area contributed by atoms with Crippen molar-refractivity contribution in [1.29, 1.82) is 0 Å². The number of aliphatic hydroxyl groups excluding tert-OH is 1. The topological polar surface area (TPSA) is 131 Å². The molecule has 3 heterocycles. The summed E-state index contributed by atoms with van der Waals surface area (Å²) in [5.41, 5.74) is 7.75. The summed E-state index contributed by atoms with van der Waals surface area (Å²) in [5.74, 6) is -0.0144. The third kappa shape index (κ3) is 7.45. The highest BCUT2D eigenvalue weighted by Crippen LogP contribution is 2.46. The molecule has 1 aliphatic heterocycles. The zero-order valence-electron chi connectivity index (χ0n) is 32.4. The van der Waals surface area contributed by atoms with Gasteiger partial charge in [-0.15, -0.1) is 0 Å². The number of aromatic amines is 1. The first-order valence-electron chi connectivity index (χ1n) is 20.0. The Bertz CT molecular complexity index is 2450. The van der Waals surface area contributed by atoms with Gasteiger partial charge in [0.15, 0.2) is 6.23 Å². The Labute approximate surface area is 341 Å². The first kappa shape index (κ1) is 38.2. The molecule has 7 aromatic rings. The van der Waals surface area contributed by atoms with Crippen LogP contribution in [-0.4, -0.2) is 76.2 Å². The van der Waals surface area contributed by atoms with Crippen LogP contribution >= 0.6 is 0 Å². The molecule has 11 nitrogen and oxygen atoms in total. The molecule has 3 N–H and O–H groups in total. The van der Waals surface area contributed by atoms with E-state index in [1.54, 1.807) is 6.20 Å². The van der Waals surface area contributed by atoms with Crippen LogP contribution in [0.15, 0.2) is 157 Å². The number of nitrogens with zero attached hydrogens (tertiary/aromatic N) is 3. The van der Waals surface area contributed by atoms with Crippen molar-refractivity contribution >= 4 is 17.1 Å². The second kappa shape index (κ2) is 16.8. The normalized spacial score (nSPS) is 16.8. The fraction of sp³-hybridized carbons (Fsp3) is 0.229. The molecule has 59 heavy (non-hydrogen) atoms. The van der Waals surface area contributed by atoms with Crippen LogP contribution in [0.1, 0.15) is 45.7 Å². The number of rotatable bonds is 13. The van der Waals surface area contributed by atoms with Crippen molar-refractivity contribution in [2.75, 3.05) is 39.5 Å². The summed E-state index contributed by atoms with van der Waals surface area (Å²) in [5, 5.41) is 14.1. The van der Waals surface area contributed by atoms with Crippen LogP contribution in [0.3, 0.4) is 0 Å². The second-order valence-electron chi connectivity index (χ2n) is 14.9. The number of aliphatic hydroxyl groups is 1. The van der Waals surface area contributed by atoms with Crippen LogP contribution in [0, 0.1) is 0 Å². The zero-order valence-corrected chi connectivity index (χ0v) is 32.4. The van der Waals surface area contributed by atoms with Gasteiger partial charge < -0.3 is 29.6 Å². The van der Waals surface area contributed by atoms with E-state index in [-0.39, 0.29) is 38.9 Å². The smallest absolute Gasteiger partial charge is 0.407 e. The minimum absolute atomic E-state index is 0.0144. The van der Waals surface area contributed by atoms with E-state index in [1.807, 2.05) is 84.9 Å². The Morgan fingerprint density at radius 3 is 1.98 bits per heavy atom. The molecule has 1 fully saturated rings. The van der Waals surface area contributed by atoms with Gasteiger partial charge in [0.2, 0.25) is 0 Å². The van der Waals surface area contributed by atoms with Crippen molar-refractivity contribution in [3.05, 3.63) is 196 Å². The van der Waals surface area contributed by atoms with E-state index < -0.39 is 29.7 Å². The number of ether oxygens (including phenoxy) is 3. The number of nitrogens with one attached hydrogen (secondary N) is 2. The Kier molecular flexibility index (Phi) is 10.9. The van der Waals surface area contributed by atoms with Gasteiger partial charge in [0.25, 0.3) is 0 Å². The molecule has 9 rings (SSSR count). The minimum Gasteiger partial charge on any atom is -0.449 e. The van der Waals surface area contributed by atoms with Gasteiger partial charge in [-0.2, -0.15) is 4.98 Å². The quantitative estimate of drug-likeness (QED) is 0.0845. The van der Waals surface area contributed by atoms with Crippen LogP contribution in [0.5, 0.6) is 0 Å². The third-order valence-electron chi connectivity index (χ3n) is 11.4. The van der Waals surface area contributed by atoms with Crippen molar-refractivity contribution in [1.82, 2.24) is 24.8 Å². The van der Waals surface area contributed by atoms with Gasteiger partial charge in [0.1, 0.15) is 12.3 Å². The van der Waals surface area contributed by atoms with Crippen LogP contribution in [-0.2, 0) is 26.4 Å². The molecule has 1 saturated heterocycles. The van der Waals surface area contributed by atoms with Gasteiger partial charge in [0.05, 0.1) is 31.5 Å². The van der Waals surface area contributed by atoms with Crippen LogP contribution in [0.4, 0.5) is 4.79 Å². The van der Waals surface area contributed by atoms with Gasteiger partial charge in [-0.1, -0.05) is 140 Å². The summed E-state index contributed by atoms with van der Waals surface area (Å²) in [7, 11) is 0. The Morgan fingerprint density at radius 1 is 0.814 bits per heavy atom. The molecule has 5 aromatic carbocycles. The summed E-state index contributed by atoms with van der Waals surface area (Å²) in [6.07, 6.45) is -0.0805. The molecule has 2 aromatic heterocycles. The highest BCUT2D eigenvalue weighted by molar-refractivity contribution is 5.79. The van der Waals surface area contributed by atoms with Gasteiger partial charge in [0, 0.05) is 42.8 Å². The zero-order chi connectivity index (χ0) is 40.2. The Morgan fingerprint density at radius 2 is 1.39 bits per heavy atom. The molecular weight excluding hydrogens is 743 g/mol. The van der Waals surface area contributed by atoms with Crippen molar-refractivity contribution in [2.24, 2.45) is 0 Å². The predicted octanol–water partition coefficient (Wildman–Crippen LogP) is 6.96. The standard InChI is InChI=1S/C48H45N5O6/c54-30-38-28-52(48(34-14-4-1-5-15-34,35-16-6-2-7-17-35)36-18-8-3-9-19-36)29-44(59-38)53-27-33-26-37(50-45(33)51-46(53)55)31-57-25-24-49-47(56)58-32-43-41-22-12-10-20-39(41)40-21-11-13-23-42(40)43/h1-23,26-27,38,43-44,54H,24-25,28-32H2,(H,49,56)(H,50,51,55)/t38-,44-/m0/s1. The number of aromatic nitrogens is 3. The Hall–Kier alpha value is -6.37. The van der Waals surface area contributed by atoms with E-state index in [1.165, 1.54) is 15.7 Å². The molecular formula is C48H45N5O6. The number of hydrogen-bond acceptors (Lipinski definition) is 8. The van der Waals surface area contributed by atoms with Gasteiger partial charge in [-0.25, -0.2) is 9.59 Å². The fourth-order valence-corrected chi connectivity index (χ4v) is 8.84. The summed E-state index contributed by atoms with van der Waals surface area (Å²) in [6.45, 7) is 1.48. The molecule has 298 valence electrons. The fourth-order valence-electron chi connectivity index (χ4n) is 8.84. The molecule has 0 unspecified atom stereocenters. The van der Waals surface area contributed by atoms with E-state index in [4.69, 9.17) is 14.2 Å². The van der Waals surface area contributed by atoms with Gasteiger partial charge >= 0.3 is 11.8 Å². The van der Waals surface area contributed by atoms with E-state index in [9.17, 15) is 14.7 Å². The number of amides is 1. The van der Waals surface area contributed by atoms with Crippen LogP contribution in [0.2, 0.25) is 0 Å². The number of benzene rings is 5. The lowest BCUT2D eigenvalue weighted by Crippen LogP contribution is -2.58. The lowest BCUT2D eigenvalue weighted by Gasteiger charge is -2.50. The van der Waals surface area contributed by atoms with Crippen molar-refractivity contribution in [3.8, 4) is 11.1 Å². The van der Waals surface area contributed by atoms with Gasteiger partial charge in [-0.05, 0) is 45.0 Å². The largest absolute Gasteiger partial charge is 0.449 e. The maximum Gasteiger partial charge on any atom is 0.407 e. The lowest BCUT2D eigenvalue weighted by molar-refractivity contribution is -0.150. The number of H-pyrrole nitrogens is 1. The highest BCUT2D eigenvalue weighted by atomic mass is 16.5. The molecule has 2 aliphatic rings. The molecule has 0 saturated carbocycles. The maximum absolute atomic E-state index is 13.7. The third-order valence-corrected chi connectivity index (χ3v) is 11.4. The van der Waals surface area contributed by atoms with Crippen molar-refractivity contribution in [3.63, 3.8) is 0 Å². The number of carbonyl (C=O) groups is 1. The van der Waals surface area contributed by atoms with E-state index in [0.29, 0.717) is 24.1 Å². The van der Waals surface area contributed by atoms with E-state index >= 15 is 0 Å². The number of carbonyl (C=O) groups excluding carboxylic acids is 1. The predicted molar refractivity (Wildman–Crippen MR) is 225 cm³/mol. The molecule has 1 amide bonds. The first-order valence-corrected chi connectivity index (χ1v) is 20.0. The summed E-state index contributed by atoms with van der Waals surface area (Å²) in [4.78, 5) is 36.3. The van der Waals surface area contributed by atoms with Crippen LogP contribution < -0.4 is 11.0 Å². The summed E-state index contributed by atoms with van der Waals surface area (Å²) < 4.78 is 19.5. The molecule has 11 heteroatoms. The number of alkyl carbamates (subject to hydrolysis) is 1. The van der Waals surface area contributed by atoms with Crippen LogP contribution in [0.25, 0.3) is 22.2 Å². The maximum atomic E-state index is 13.7. The van der Waals surface area contributed by atoms with Gasteiger partial charge in [-0.3, -0.25) is 9.47 Å². The minimum atomic E-state index is -0.765. The lowest BCUT2D eigenvalue weighted by atomic mass is 9.75. The SMILES string of the molecule is O=C(NCCOCc1cc2cn([C@@H]3CN(C(c4ccccc4)(c4ccccc4)c4ccccc4)C[C@@H](CO)O3)c(=O)nc2[nH]1)OCC1c2ccccc2-c2ccccc21. The molecule has 1 aliphatic carbocycles. The summed E-state index contributed by atoms with van der Waals surface area (Å²) in [6, 6.07) is 49.3. The molecule has 0 spiro atoms. The van der Waals surface area contributed by atoms with E-state index in [0.717, 1.165) is 33.5 Å².